The first-order valence-electron chi connectivity index (χ1n) is 6.83. The average molecular weight is 333 g/mol. The molecule has 21 heavy (non-hydrogen) atoms. The Kier molecular flexibility index (Phi) is 7.29. The fourth-order valence-corrected chi connectivity index (χ4v) is 2.37. The topological polar surface area (TPSA) is 41.6 Å². The summed E-state index contributed by atoms with van der Waals surface area (Å²) in [7, 11) is 4.01. The van der Waals surface area contributed by atoms with E-state index in [0.717, 1.165) is 6.54 Å². The third-order valence-corrected chi connectivity index (χ3v) is 3.40. The molecule has 0 saturated heterocycles. The summed E-state index contributed by atoms with van der Waals surface area (Å²) >= 11 is 11.8. The number of hydrogen-bond acceptors (Lipinski definition) is 3. The lowest BCUT2D eigenvalue weighted by Crippen LogP contribution is -2.40. The molecule has 0 fully saturated rings. The molecule has 118 valence electrons. The number of benzene rings is 1. The molecule has 1 N–H and O–H groups in total. The maximum atomic E-state index is 12.0. The minimum absolute atomic E-state index is 0.161. The number of nitrogens with zero attached hydrogens (tertiary/aromatic N) is 1. The highest BCUT2D eigenvalue weighted by atomic mass is 35.5. The van der Waals surface area contributed by atoms with Crippen molar-refractivity contribution in [2.24, 2.45) is 5.92 Å². The molecule has 4 nitrogen and oxygen atoms in total. The normalized spacial score (nSPS) is 13.9. The summed E-state index contributed by atoms with van der Waals surface area (Å²) in [6.07, 6.45) is -0.616. The van der Waals surface area contributed by atoms with E-state index >= 15 is 0 Å². The first-order valence-corrected chi connectivity index (χ1v) is 7.59. The monoisotopic (exact) mass is 332 g/mol. The van der Waals surface area contributed by atoms with Crippen LogP contribution in [0.15, 0.2) is 18.2 Å². The highest BCUT2D eigenvalue weighted by Crippen LogP contribution is 2.28. The average Bonchev–Trinajstić information content (AvgIpc) is 2.38. The largest absolute Gasteiger partial charge is 0.479 e. The Balaban J connectivity index is 2.47. The third kappa shape index (κ3) is 6.55. The standard InChI is InChI=1S/C15H22Cl2N2O2/c1-10(9-19(3)4)8-18-15(20)11(2)21-14-6-5-12(16)7-13(14)17/h5-7,10-11H,8-9H2,1-4H3,(H,18,20)/t10-,11-/m0/s1. The number of hydrogen-bond donors (Lipinski definition) is 1. The lowest BCUT2D eigenvalue weighted by Gasteiger charge is -2.19. The van der Waals surface area contributed by atoms with E-state index in [1.807, 2.05) is 14.1 Å². The van der Waals surface area contributed by atoms with Crippen molar-refractivity contribution in [3.05, 3.63) is 28.2 Å². The Bertz CT molecular complexity index is 481. The Labute approximate surface area is 136 Å². The maximum absolute atomic E-state index is 12.0. The minimum atomic E-state index is -0.616. The molecular formula is C15H22Cl2N2O2. The first-order chi connectivity index (χ1) is 9.79. The van der Waals surface area contributed by atoms with Crippen LogP contribution in [0.2, 0.25) is 10.0 Å². The number of amides is 1. The van der Waals surface area contributed by atoms with E-state index in [2.05, 4.69) is 17.1 Å². The van der Waals surface area contributed by atoms with Crippen molar-refractivity contribution in [1.82, 2.24) is 10.2 Å². The highest BCUT2D eigenvalue weighted by Gasteiger charge is 2.17. The molecule has 0 bridgehead atoms. The molecule has 0 aliphatic heterocycles. The van der Waals surface area contributed by atoms with E-state index in [4.69, 9.17) is 27.9 Å². The van der Waals surface area contributed by atoms with Crippen molar-refractivity contribution >= 4 is 29.1 Å². The van der Waals surface area contributed by atoms with Crippen LogP contribution in [0.5, 0.6) is 5.75 Å². The Hall–Kier alpha value is -0.970. The van der Waals surface area contributed by atoms with Gasteiger partial charge in [-0.05, 0) is 45.1 Å². The number of carbonyl (C=O) groups excluding carboxylic acids is 1. The molecule has 0 aliphatic carbocycles. The SMILES string of the molecule is C[C@@H](CNC(=O)[C@H](C)Oc1ccc(Cl)cc1Cl)CN(C)C. The van der Waals surface area contributed by atoms with Crippen molar-refractivity contribution in [2.45, 2.75) is 20.0 Å². The van der Waals surface area contributed by atoms with Crippen LogP contribution in [0, 0.1) is 5.92 Å². The second-order valence-corrected chi connectivity index (χ2v) is 6.29. The Morgan fingerprint density at radius 3 is 2.57 bits per heavy atom. The van der Waals surface area contributed by atoms with Gasteiger partial charge in [0.15, 0.2) is 6.10 Å². The van der Waals surface area contributed by atoms with Crippen molar-refractivity contribution in [2.75, 3.05) is 27.2 Å². The van der Waals surface area contributed by atoms with Gasteiger partial charge in [-0.25, -0.2) is 0 Å². The number of rotatable bonds is 7. The summed E-state index contributed by atoms with van der Waals surface area (Å²) in [5.41, 5.74) is 0. The van der Waals surface area contributed by atoms with Crippen LogP contribution in [0.1, 0.15) is 13.8 Å². The third-order valence-electron chi connectivity index (χ3n) is 2.87. The van der Waals surface area contributed by atoms with Gasteiger partial charge in [0.25, 0.3) is 5.91 Å². The van der Waals surface area contributed by atoms with Gasteiger partial charge in [0.05, 0.1) is 5.02 Å². The molecule has 1 rings (SSSR count). The second-order valence-electron chi connectivity index (χ2n) is 5.45. The first kappa shape index (κ1) is 18.1. The van der Waals surface area contributed by atoms with Crippen LogP contribution < -0.4 is 10.1 Å². The molecule has 0 saturated carbocycles. The number of halogens is 2. The van der Waals surface area contributed by atoms with E-state index < -0.39 is 6.10 Å². The smallest absolute Gasteiger partial charge is 0.260 e. The van der Waals surface area contributed by atoms with Crippen molar-refractivity contribution in [3.8, 4) is 5.75 Å². The van der Waals surface area contributed by atoms with Crippen LogP contribution in [0.4, 0.5) is 0 Å². The van der Waals surface area contributed by atoms with Gasteiger partial charge in [-0.3, -0.25) is 4.79 Å². The van der Waals surface area contributed by atoms with Gasteiger partial charge in [-0.15, -0.1) is 0 Å². The molecule has 6 heteroatoms. The van der Waals surface area contributed by atoms with E-state index in [1.165, 1.54) is 0 Å². The predicted molar refractivity (Wildman–Crippen MR) is 87.3 cm³/mol. The van der Waals surface area contributed by atoms with Gasteiger partial charge in [0, 0.05) is 18.1 Å². The predicted octanol–water partition coefficient (Wildman–Crippen LogP) is 3.07. The van der Waals surface area contributed by atoms with Crippen LogP contribution in [-0.4, -0.2) is 44.1 Å². The molecule has 1 amide bonds. The van der Waals surface area contributed by atoms with Crippen molar-refractivity contribution in [1.29, 1.82) is 0 Å². The molecular weight excluding hydrogens is 311 g/mol. The summed E-state index contributed by atoms with van der Waals surface area (Å²) in [6.45, 7) is 5.30. The van der Waals surface area contributed by atoms with Crippen LogP contribution in [-0.2, 0) is 4.79 Å². The van der Waals surface area contributed by atoms with E-state index in [0.29, 0.717) is 28.3 Å². The molecule has 0 unspecified atom stereocenters. The minimum Gasteiger partial charge on any atom is -0.479 e. The van der Waals surface area contributed by atoms with E-state index in [-0.39, 0.29) is 5.91 Å². The lowest BCUT2D eigenvalue weighted by molar-refractivity contribution is -0.127. The zero-order chi connectivity index (χ0) is 16.0. The molecule has 0 aliphatic rings. The number of nitrogens with one attached hydrogen (secondary N) is 1. The number of ether oxygens (including phenoxy) is 1. The van der Waals surface area contributed by atoms with Crippen molar-refractivity contribution in [3.63, 3.8) is 0 Å². The summed E-state index contributed by atoms with van der Waals surface area (Å²) in [5.74, 6) is 0.659. The molecule has 0 radical (unpaired) electrons. The zero-order valence-corrected chi connectivity index (χ0v) is 14.3. The van der Waals surface area contributed by atoms with Gasteiger partial charge < -0.3 is 15.0 Å². The van der Waals surface area contributed by atoms with E-state index in [9.17, 15) is 4.79 Å². The van der Waals surface area contributed by atoms with Gasteiger partial charge in [-0.2, -0.15) is 0 Å². The van der Waals surface area contributed by atoms with Crippen LogP contribution in [0.3, 0.4) is 0 Å². The Morgan fingerprint density at radius 1 is 1.33 bits per heavy atom. The summed E-state index contributed by atoms with van der Waals surface area (Å²) in [4.78, 5) is 14.1. The lowest BCUT2D eigenvalue weighted by atomic mass is 10.1. The fourth-order valence-electron chi connectivity index (χ4n) is 1.92. The molecule has 0 aromatic heterocycles. The summed E-state index contributed by atoms with van der Waals surface area (Å²) in [5, 5.41) is 3.80. The van der Waals surface area contributed by atoms with Crippen LogP contribution >= 0.6 is 23.2 Å². The molecule has 0 spiro atoms. The quantitative estimate of drug-likeness (QED) is 0.834. The maximum Gasteiger partial charge on any atom is 0.260 e. The van der Waals surface area contributed by atoms with Crippen LogP contribution in [0.25, 0.3) is 0 Å². The van der Waals surface area contributed by atoms with Gasteiger partial charge in [0.1, 0.15) is 5.75 Å². The molecule has 0 heterocycles. The summed E-state index contributed by atoms with van der Waals surface area (Å²) in [6, 6.07) is 4.91. The molecule has 1 aromatic carbocycles. The van der Waals surface area contributed by atoms with Gasteiger partial charge in [-0.1, -0.05) is 30.1 Å². The summed E-state index contributed by atoms with van der Waals surface area (Å²) < 4.78 is 5.56. The second kappa shape index (κ2) is 8.47. The van der Waals surface area contributed by atoms with Crippen molar-refractivity contribution < 1.29 is 9.53 Å². The highest BCUT2D eigenvalue weighted by molar-refractivity contribution is 6.35. The van der Waals surface area contributed by atoms with E-state index in [1.54, 1.807) is 25.1 Å². The molecule has 1 aromatic rings. The zero-order valence-electron chi connectivity index (χ0n) is 12.8. The molecule has 2 atom stereocenters. The van der Waals surface area contributed by atoms with Gasteiger partial charge in [0.2, 0.25) is 0 Å². The fraction of sp³-hybridized carbons (Fsp3) is 0.533. The van der Waals surface area contributed by atoms with Gasteiger partial charge >= 0.3 is 0 Å². The number of carbonyl (C=O) groups is 1. The Morgan fingerprint density at radius 2 is 2.00 bits per heavy atom.